The van der Waals surface area contributed by atoms with E-state index in [-0.39, 0.29) is 18.0 Å². The van der Waals surface area contributed by atoms with Crippen molar-refractivity contribution in [2.45, 2.75) is 17.9 Å². The second-order valence-corrected chi connectivity index (χ2v) is 6.64. The Labute approximate surface area is 124 Å². The second kappa shape index (κ2) is 7.85. The van der Waals surface area contributed by atoms with Crippen LogP contribution >= 0.6 is 0 Å². The van der Waals surface area contributed by atoms with E-state index >= 15 is 0 Å². The van der Waals surface area contributed by atoms with Crippen LogP contribution in [0.1, 0.15) is 6.42 Å². The largest absolute Gasteiger partial charge is 0.394 e. The molecule has 9 heteroatoms. The van der Waals surface area contributed by atoms with Gasteiger partial charge in [0.15, 0.2) is 0 Å². The van der Waals surface area contributed by atoms with E-state index < -0.39 is 10.0 Å². The first-order valence-electron chi connectivity index (χ1n) is 7.05. The van der Waals surface area contributed by atoms with E-state index in [0.29, 0.717) is 6.54 Å². The van der Waals surface area contributed by atoms with Gasteiger partial charge in [0.25, 0.3) is 0 Å². The number of hydrogen-bond acceptors (Lipinski definition) is 6. The Kier molecular flexibility index (Phi) is 6.12. The summed E-state index contributed by atoms with van der Waals surface area (Å²) in [7, 11) is -3.52. The first-order chi connectivity index (χ1) is 10.1. The van der Waals surface area contributed by atoms with Crippen LogP contribution in [0.15, 0.2) is 17.3 Å². The number of hydrogen-bond donors (Lipinski definition) is 2. The molecule has 0 bridgehead atoms. The number of ether oxygens (including phenoxy) is 1. The van der Waals surface area contributed by atoms with E-state index in [1.165, 1.54) is 17.1 Å². The fraction of sp³-hybridized carbons (Fsp3) is 0.750. The number of aromatic nitrogens is 2. The van der Waals surface area contributed by atoms with Crippen molar-refractivity contribution in [1.82, 2.24) is 19.4 Å². The van der Waals surface area contributed by atoms with Crippen LogP contribution in [-0.2, 0) is 21.3 Å². The highest BCUT2D eigenvalue weighted by atomic mass is 32.2. The third kappa shape index (κ3) is 5.04. The summed E-state index contributed by atoms with van der Waals surface area (Å²) in [5.74, 6) is 0. The molecule has 1 aliphatic rings. The molecule has 0 spiro atoms. The summed E-state index contributed by atoms with van der Waals surface area (Å²) >= 11 is 0. The maximum atomic E-state index is 12.0. The fourth-order valence-corrected chi connectivity index (χ4v) is 3.15. The Morgan fingerprint density at radius 1 is 1.33 bits per heavy atom. The molecule has 1 aromatic rings. The summed E-state index contributed by atoms with van der Waals surface area (Å²) in [5, 5.41) is 12.7. The van der Waals surface area contributed by atoms with Crippen molar-refractivity contribution in [2.24, 2.45) is 0 Å². The minimum Gasteiger partial charge on any atom is -0.394 e. The molecule has 2 rings (SSSR count). The smallest absolute Gasteiger partial charge is 0.243 e. The van der Waals surface area contributed by atoms with Gasteiger partial charge in [0.2, 0.25) is 10.0 Å². The molecule has 0 amide bonds. The molecule has 0 aromatic carbocycles. The van der Waals surface area contributed by atoms with Crippen LogP contribution in [0.3, 0.4) is 0 Å². The Hall–Kier alpha value is -1.00. The quantitative estimate of drug-likeness (QED) is 0.589. The SMILES string of the molecule is O=S(=O)(NCCCN1CCOCC1)c1cnn(CCO)c1. The van der Waals surface area contributed by atoms with Gasteiger partial charge in [-0.05, 0) is 13.0 Å². The first-order valence-corrected chi connectivity index (χ1v) is 8.53. The van der Waals surface area contributed by atoms with Crippen molar-refractivity contribution in [3.05, 3.63) is 12.4 Å². The lowest BCUT2D eigenvalue weighted by Gasteiger charge is -2.26. The highest BCUT2D eigenvalue weighted by Gasteiger charge is 2.16. The van der Waals surface area contributed by atoms with Crippen molar-refractivity contribution in [3.8, 4) is 0 Å². The molecule has 0 saturated carbocycles. The van der Waals surface area contributed by atoms with Gasteiger partial charge in [0, 0.05) is 25.8 Å². The normalized spacial score (nSPS) is 17.2. The summed E-state index contributed by atoms with van der Waals surface area (Å²) in [6.07, 6.45) is 3.46. The van der Waals surface area contributed by atoms with Gasteiger partial charge in [-0.1, -0.05) is 0 Å². The van der Waals surface area contributed by atoms with Crippen molar-refractivity contribution in [2.75, 3.05) is 46.0 Å². The molecule has 0 aliphatic carbocycles. The topological polar surface area (TPSA) is 96.7 Å². The Bertz CT molecular complexity index is 525. The Morgan fingerprint density at radius 2 is 2.10 bits per heavy atom. The van der Waals surface area contributed by atoms with E-state index in [4.69, 9.17) is 9.84 Å². The van der Waals surface area contributed by atoms with Crippen LogP contribution in [0.4, 0.5) is 0 Å². The van der Waals surface area contributed by atoms with Gasteiger partial charge in [0.1, 0.15) is 4.90 Å². The molecule has 2 heterocycles. The zero-order valence-corrected chi connectivity index (χ0v) is 12.8. The summed E-state index contributed by atoms with van der Waals surface area (Å²) in [4.78, 5) is 2.39. The molecule has 1 saturated heterocycles. The lowest BCUT2D eigenvalue weighted by molar-refractivity contribution is 0.0376. The van der Waals surface area contributed by atoms with Crippen molar-refractivity contribution in [1.29, 1.82) is 0 Å². The van der Waals surface area contributed by atoms with Crippen LogP contribution in [0.5, 0.6) is 0 Å². The lowest BCUT2D eigenvalue weighted by Crippen LogP contribution is -2.38. The van der Waals surface area contributed by atoms with Crippen LogP contribution in [-0.4, -0.2) is 74.2 Å². The zero-order valence-electron chi connectivity index (χ0n) is 11.9. The van der Waals surface area contributed by atoms with Crippen LogP contribution in [0.25, 0.3) is 0 Å². The molecular weight excluding hydrogens is 296 g/mol. The monoisotopic (exact) mass is 318 g/mol. The Morgan fingerprint density at radius 3 is 2.81 bits per heavy atom. The van der Waals surface area contributed by atoms with Crippen molar-refractivity contribution >= 4 is 10.0 Å². The number of sulfonamides is 1. The average molecular weight is 318 g/mol. The third-order valence-electron chi connectivity index (χ3n) is 3.30. The van der Waals surface area contributed by atoms with Gasteiger partial charge in [-0.25, -0.2) is 13.1 Å². The molecule has 120 valence electrons. The number of nitrogens with one attached hydrogen (secondary N) is 1. The zero-order chi connectivity index (χ0) is 15.1. The number of nitrogens with zero attached hydrogens (tertiary/aromatic N) is 3. The molecule has 1 aromatic heterocycles. The van der Waals surface area contributed by atoms with Gasteiger partial charge >= 0.3 is 0 Å². The van der Waals surface area contributed by atoms with Crippen LogP contribution < -0.4 is 4.72 Å². The van der Waals surface area contributed by atoms with Crippen molar-refractivity contribution < 1.29 is 18.3 Å². The Balaban J connectivity index is 1.75. The number of rotatable bonds is 8. The number of aliphatic hydroxyl groups excluding tert-OH is 1. The molecule has 0 atom stereocenters. The van der Waals surface area contributed by atoms with Gasteiger partial charge < -0.3 is 9.84 Å². The second-order valence-electron chi connectivity index (χ2n) is 4.87. The highest BCUT2D eigenvalue weighted by Crippen LogP contribution is 2.07. The molecule has 21 heavy (non-hydrogen) atoms. The van der Waals surface area contributed by atoms with Crippen molar-refractivity contribution in [3.63, 3.8) is 0 Å². The third-order valence-corrected chi connectivity index (χ3v) is 4.71. The molecular formula is C12H22N4O4S. The van der Waals surface area contributed by atoms with E-state index in [9.17, 15) is 8.42 Å². The van der Waals surface area contributed by atoms with Crippen LogP contribution in [0.2, 0.25) is 0 Å². The minimum absolute atomic E-state index is 0.0753. The molecule has 0 radical (unpaired) electrons. The summed E-state index contributed by atoms with van der Waals surface area (Å²) in [6, 6.07) is 0. The molecule has 1 aliphatic heterocycles. The minimum atomic E-state index is -3.52. The predicted octanol–water partition coefficient (Wildman–Crippen LogP) is -1.12. The highest BCUT2D eigenvalue weighted by molar-refractivity contribution is 7.89. The molecule has 2 N–H and O–H groups in total. The number of aliphatic hydroxyl groups is 1. The van der Waals surface area contributed by atoms with E-state index in [0.717, 1.165) is 39.3 Å². The lowest BCUT2D eigenvalue weighted by atomic mass is 10.3. The van der Waals surface area contributed by atoms with Gasteiger partial charge in [-0.2, -0.15) is 5.10 Å². The van der Waals surface area contributed by atoms with Gasteiger partial charge in [-0.15, -0.1) is 0 Å². The van der Waals surface area contributed by atoms with Gasteiger partial charge in [-0.3, -0.25) is 9.58 Å². The van der Waals surface area contributed by atoms with E-state index in [2.05, 4.69) is 14.7 Å². The molecule has 8 nitrogen and oxygen atoms in total. The summed E-state index contributed by atoms with van der Waals surface area (Å²) in [6.45, 7) is 4.76. The van der Waals surface area contributed by atoms with E-state index in [1.807, 2.05) is 0 Å². The standard InChI is InChI=1S/C12H22N4O4S/c17-7-4-16-11-12(10-13-16)21(18,19)14-2-1-3-15-5-8-20-9-6-15/h10-11,14,17H,1-9H2. The maximum Gasteiger partial charge on any atom is 0.243 e. The maximum absolute atomic E-state index is 12.0. The average Bonchev–Trinajstić information content (AvgIpc) is 2.95. The van der Waals surface area contributed by atoms with E-state index in [1.54, 1.807) is 0 Å². The first kappa shape index (κ1) is 16.4. The predicted molar refractivity (Wildman–Crippen MR) is 76.4 cm³/mol. The van der Waals surface area contributed by atoms with Gasteiger partial charge in [0.05, 0.1) is 32.6 Å². The fourth-order valence-electron chi connectivity index (χ4n) is 2.13. The number of morpholine rings is 1. The summed E-state index contributed by atoms with van der Waals surface area (Å²) < 4.78 is 33.3. The van der Waals surface area contributed by atoms with Crippen LogP contribution in [0, 0.1) is 0 Å². The molecule has 0 unspecified atom stereocenters. The summed E-state index contributed by atoms with van der Waals surface area (Å²) in [5.41, 5.74) is 0. The molecule has 1 fully saturated rings.